The van der Waals surface area contributed by atoms with Gasteiger partial charge in [0, 0.05) is 32.2 Å². The highest BCUT2D eigenvalue weighted by molar-refractivity contribution is 5.98. The Morgan fingerprint density at radius 3 is 2.20 bits per heavy atom. The van der Waals surface area contributed by atoms with Gasteiger partial charge in [0.25, 0.3) is 0 Å². The number of ketones is 1. The average molecular weight is 475 g/mol. The van der Waals surface area contributed by atoms with Crippen LogP contribution in [0.5, 0.6) is 11.5 Å². The molecule has 0 aliphatic rings. The van der Waals surface area contributed by atoms with E-state index in [0.29, 0.717) is 41.5 Å². The standard InChI is InChI=1S/C27H30N4O4/c1-6-25(33)24-14-21(9-10-28-24)35-26-8-7-20(11-18(26)4)15-29-27(34)31-23-13-17(3)16(2)12-22(23)30-19(5)32/h7-14H,6,15H2,1-5H3,(H,30,32)(H2,29,31,34). The summed E-state index contributed by atoms with van der Waals surface area (Å²) < 4.78 is 5.94. The first-order valence-corrected chi connectivity index (χ1v) is 11.4. The van der Waals surface area contributed by atoms with Gasteiger partial charge < -0.3 is 20.7 Å². The zero-order chi connectivity index (χ0) is 25.5. The summed E-state index contributed by atoms with van der Waals surface area (Å²) >= 11 is 0. The van der Waals surface area contributed by atoms with Gasteiger partial charge in [-0.05, 0) is 67.3 Å². The first-order chi connectivity index (χ1) is 16.7. The summed E-state index contributed by atoms with van der Waals surface area (Å²) in [6.07, 6.45) is 1.93. The second-order valence-electron chi connectivity index (χ2n) is 8.33. The summed E-state index contributed by atoms with van der Waals surface area (Å²) in [7, 11) is 0. The van der Waals surface area contributed by atoms with E-state index in [-0.39, 0.29) is 17.7 Å². The third-order valence-corrected chi connectivity index (χ3v) is 5.45. The van der Waals surface area contributed by atoms with Gasteiger partial charge in [-0.2, -0.15) is 0 Å². The van der Waals surface area contributed by atoms with Gasteiger partial charge in [0.2, 0.25) is 5.91 Å². The minimum atomic E-state index is -0.386. The molecule has 3 aromatic rings. The molecule has 0 fully saturated rings. The van der Waals surface area contributed by atoms with E-state index >= 15 is 0 Å². The predicted octanol–water partition coefficient (Wildman–Crippen LogP) is 5.67. The number of nitrogens with one attached hydrogen (secondary N) is 3. The van der Waals surface area contributed by atoms with Crippen molar-refractivity contribution in [3.63, 3.8) is 0 Å². The van der Waals surface area contributed by atoms with Crippen molar-refractivity contribution in [3.8, 4) is 11.5 Å². The maximum absolute atomic E-state index is 12.5. The number of anilines is 2. The molecule has 1 heterocycles. The average Bonchev–Trinajstić information content (AvgIpc) is 2.82. The lowest BCUT2D eigenvalue weighted by Gasteiger charge is -2.15. The Bertz CT molecular complexity index is 1270. The Balaban J connectivity index is 1.64. The molecule has 0 bridgehead atoms. The van der Waals surface area contributed by atoms with Gasteiger partial charge in [0.1, 0.15) is 17.2 Å². The number of carbonyl (C=O) groups excluding carboxylic acids is 3. The highest BCUT2D eigenvalue weighted by atomic mass is 16.5. The molecule has 0 saturated carbocycles. The van der Waals surface area contributed by atoms with Crippen molar-refractivity contribution < 1.29 is 19.1 Å². The molecule has 0 aliphatic heterocycles. The molecule has 3 N–H and O–H groups in total. The monoisotopic (exact) mass is 474 g/mol. The second-order valence-corrected chi connectivity index (χ2v) is 8.33. The second kappa shape index (κ2) is 11.3. The number of Topliss-reactive ketones (excluding diaryl/α,β-unsaturated/α-hetero) is 1. The van der Waals surface area contributed by atoms with E-state index in [2.05, 4.69) is 20.9 Å². The van der Waals surface area contributed by atoms with Crippen LogP contribution in [0.3, 0.4) is 0 Å². The van der Waals surface area contributed by atoms with E-state index < -0.39 is 0 Å². The molecule has 3 amide bonds. The van der Waals surface area contributed by atoms with Crippen molar-refractivity contribution >= 4 is 29.1 Å². The number of nitrogens with zero attached hydrogens (tertiary/aromatic N) is 1. The van der Waals surface area contributed by atoms with Crippen LogP contribution in [-0.4, -0.2) is 22.7 Å². The van der Waals surface area contributed by atoms with Crippen molar-refractivity contribution in [2.45, 2.75) is 47.6 Å². The minimum Gasteiger partial charge on any atom is -0.457 e. The molecule has 3 rings (SSSR count). The molecular formula is C27H30N4O4. The topological polar surface area (TPSA) is 109 Å². The Morgan fingerprint density at radius 1 is 0.886 bits per heavy atom. The van der Waals surface area contributed by atoms with Crippen LogP contribution in [0.4, 0.5) is 16.2 Å². The zero-order valence-electron chi connectivity index (χ0n) is 20.6. The minimum absolute atomic E-state index is 0.0446. The van der Waals surface area contributed by atoms with Crippen LogP contribution in [0.25, 0.3) is 0 Å². The molecular weight excluding hydrogens is 444 g/mol. The molecule has 0 aliphatic carbocycles. The predicted molar refractivity (Wildman–Crippen MR) is 136 cm³/mol. The number of urea groups is 1. The number of ether oxygens (including phenoxy) is 1. The van der Waals surface area contributed by atoms with Gasteiger partial charge in [-0.3, -0.25) is 14.6 Å². The van der Waals surface area contributed by atoms with Gasteiger partial charge in [-0.25, -0.2) is 4.79 Å². The van der Waals surface area contributed by atoms with Crippen molar-refractivity contribution in [1.29, 1.82) is 0 Å². The van der Waals surface area contributed by atoms with Crippen LogP contribution in [0.15, 0.2) is 48.7 Å². The van der Waals surface area contributed by atoms with Crippen molar-refractivity contribution in [3.05, 3.63) is 76.6 Å². The van der Waals surface area contributed by atoms with Gasteiger partial charge in [-0.15, -0.1) is 0 Å². The first kappa shape index (κ1) is 25.4. The molecule has 0 saturated heterocycles. The Kier molecular flexibility index (Phi) is 8.20. The Labute approximate surface area is 205 Å². The fourth-order valence-electron chi connectivity index (χ4n) is 3.43. The van der Waals surface area contributed by atoms with Crippen molar-refractivity contribution in [1.82, 2.24) is 10.3 Å². The molecule has 182 valence electrons. The lowest BCUT2D eigenvalue weighted by atomic mass is 10.1. The number of aryl methyl sites for hydroxylation is 3. The molecule has 8 heteroatoms. The lowest BCUT2D eigenvalue weighted by Crippen LogP contribution is -2.28. The van der Waals surface area contributed by atoms with E-state index in [9.17, 15) is 14.4 Å². The van der Waals surface area contributed by atoms with E-state index in [0.717, 1.165) is 22.3 Å². The molecule has 0 unspecified atom stereocenters. The van der Waals surface area contributed by atoms with Gasteiger partial charge in [-0.1, -0.05) is 19.1 Å². The van der Waals surface area contributed by atoms with Crippen LogP contribution < -0.4 is 20.7 Å². The summed E-state index contributed by atoms with van der Waals surface area (Å²) in [6, 6.07) is 12.2. The molecule has 2 aromatic carbocycles. The molecule has 35 heavy (non-hydrogen) atoms. The van der Waals surface area contributed by atoms with Crippen molar-refractivity contribution in [2.24, 2.45) is 0 Å². The smallest absolute Gasteiger partial charge is 0.319 e. The number of hydrogen-bond acceptors (Lipinski definition) is 5. The number of pyridine rings is 1. The van der Waals surface area contributed by atoms with Gasteiger partial charge in [0.15, 0.2) is 5.78 Å². The summed E-state index contributed by atoms with van der Waals surface area (Å²) in [6.45, 7) is 9.31. The summed E-state index contributed by atoms with van der Waals surface area (Å²) in [5, 5.41) is 8.39. The SMILES string of the molecule is CCC(=O)c1cc(Oc2ccc(CNC(=O)Nc3cc(C)c(C)cc3NC(C)=O)cc2C)ccn1. The molecule has 1 aromatic heterocycles. The number of benzene rings is 2. The zero-order valence-corrected chi connectivity index (χ0v) is 20.6. The quantitative estimate of drug-likeness (QED) is 0.364. The number of amides is 3. The Morgan fingerprint density at radius 2 is 1.57 bits per heavy atom. The summed E-state index contributed by atoms with van der Waals surface area (Å²) in [5.41, 5.74) is 5.24. The highest BCUT2D eigenvalue weighted by Gasteiger charge is 2.12. The van der Waals surface area contributed by atoms with Gasteiger partial charge in [0.05, 0.1) is 11.4 Å². The summed E-state index contributed by atoms with van der Waals surface area (Å²) in [5.74, 6) is 0.925. The van der Waals surface area contributed by atoms with E-state index in [1.807, 2.05) is 51.1 Å². The number of aromatic nitrogens is 1. The fraction of sp³-hybridized carbons (Fsp3) is 0.259. The van der Waals surface area contributed by atoms with Crippen LogP contribution in [0, 0.1) is 20.8 Å². The van der Waals surface area contributed by atoms with E-state index in [4.69, 9.17) is 4.74 Å². The van der Waals surface area contributed by atoms with Crippen LogP contribution >= 0.6 is 0 Å². The maximum Gasteiger partial charge on any atom is 0.319 e. The van der Waals surface area contributed by atoms with Gasteiger partial charge >= 0.3 is 6.03 Å². The van der Waals surface area contributed by atoms with Crippen LogP contribution in [-0.2, 0) is 11.3 Å². The third kappa shape index (κ3) is 6.89. The number of rotatable bonds is 8. The van der Waals surface area contributed by atoms with Crippen LogP contribution in [0.2, 0.25) is 0 Å². The molecule has 0 spiro atoms. The maximum atomic E-state index is 12.5. The number of carbonyl (C=O) groups is 3. The third-order valence-electron chi connectivity index (χ3n) is 5.45. The van der Waals surface area contributed by atoms with E-state index in [1.165, 1.54) is 6.92 Å². The van der Waals surface area contributed by atoms with Crippen molar-refractivity contribution in [2.75, 3.05) is 10.6 Å². The lowest BCUT2D eigenvalue weighted by molar-refractivity contribution is -0.114. The highest BCUT2D eigenvalue weighted by Crippen LogP contribution is 2.27. The normalized spacial score (nSPS) is 10.4. The number of hydrogen-bond donors (Lipinski definition) is 3. The Hall–Kier alpha value is -4.20. The first-order valence-electron chi connectivity index (χ1n) is 11.4. The van der Waals surface area contributed by atoms with Crippen LogP contribution in [0.1, 0.15) is 53.0 Å². The largest absolute Gasteiger partial charge is 0.457 e. The molecule has 0 radical (unpaired) electrons. The molecule has 0 atom stereocenters. The van der Waals surface area contributed by atoms with E-state index in [1.54, 1.807) is 25.3 Å². The summed E-state index contributed by atoms with van der Waals surface area (Å²) in [4.78, 5) is 40.0. The fourth-order valence-corrected chi connectivity index (χ4v) is 3.43. The molecule has 8 nitrogen and oxygen atoms in total.